The van der Waals surface area contributed by atoms with Gasteiger partial charge in [0.05, 0.1) is 10.0 Å². The molecule has 3 aromatic rings. The van der Waals surface area contributed by atoms with Crippen molar-refractivity contribution in [3.8, 4) is 11.3 Å². The van der Waals surface area contributed by atoms with E-state index in [2.05, 4.69) is 10.2 Å². The first kappa shape index (κ1) is 13.1. The lowest BCUT2D eigenvalue weighted by molar-refractivity contribution is 1.14. The van der Waals surface area contributed by atoms with Crippen molar-refractivity contribution >= 4 is 34.7 Å². The molecule has 0 amide bonds. The first-order valence-corrected chi connectivity index (χ1v) is 6.63. The van der Waals surface area contributed by atoms with Crippen LogP contribution < -0.4 is 0 Å². The van der Waals surface area contributed by atoms with Crippen LogP contribution in [0.1, 0.15) is 5.56 Å². The Morgan fingerprint density at radius 3 is 2.65 bits per heavy atom. The Bertz CT molecular complexity index is 827. The third-order valence-electron chi connectivity index (χ3n) is 3.02. The van der Waals surface area contributed by atoms with E-state index in [1.54, 1.807) is 22.6 Å². The summed E-state index contributed by atoms with van der Waals surface area (Å²) >= 11 is 11.9. The first-order valence-electron chi connectivity index (χ1n) is 5.87. The number of aryl methyl sites for hydroxylation is 1. The predicted octanol–water partition coefficient (Wildman–Crippen LogP) is 5.01. The second kappa shape index (κ2) is 4.89. The number of pyridine rings is 1. The lowest BCUT2D eigenvalue weighted by Crippen LogP contribution is -1.84. The Morgan fingerprint density at radius 2 is 1.95 bits per heavy atom. The summed E-state index contributed by atoms with van der Waals surface area (Å²) in [5, 5.41) is 3.97. The normalized spacial score (nSPS) is 10.9. The van der Waals surface area contributed by atoms with Crippen LogP contribution in [0.2, 0.25) is 10.0 Å². The molecule has 0 aliphatic heterocycles. The molecule has 6 heteroatoms. The molecule has 20 heavy (non-hydrogen) atoms. The second-order valence-corrected chi connectivity index (χ2v) is 5.25. The van der Waals surface area contributed by atoms with Gasteiger partial charge in [-0.1, -0.05) is 35.3 Å². The molecule has 0 aliphatic rings. The standard InChI is InChI=1S/C14H9Cl2N3O/c1-8-2-5-12-17-13(14(18-20)19(12)7-8)9-3-4-10(15)11(16)6-9/h2-7H,1H3. The van der Waals surface area contributed by atoms with Gasteiger partial charge in [-0.15, -0.1) is 4.91 Å². The lowest BCUT2D eigenvalue weighted by Gasteiger charge is -2.00. The molecule has 0 unspecified atom stereocenters. The van der Waals surface area contributed by atoms with Crippen LogP contribution in [0.25, 0.3) is 16.9 Å². The van der Waals surface area contributed by atoms with Crippen LogP contribution in [0.15, 0.2) is 41.7 Å². The van der Waals surface area contributed by atoms with Gasteiger partial charge in [-0.2, -0.15) is 0 Å². The maximum Gasteiger partial charge on any atom is 0.209 e. The monoisotopic (exact) mass is 305 g/mol. The zero-order valence-electron chi connectivity index (χ0n) is 10.5. The van der Waals surface area contributed by atoms with Crippen molar-refractivity contribution in [1.29, 1.82) is 0 Å². The number of nitroso groups, excluding NO2 is 1. The number of benzene rings is 1. The molecule has 0 N–H and O–H groups in total. The molecule has 0 atom stereocenters. The van der Waals surface area contributed by atoms with Gasteiger partial charge in [0.2, 0.25) is 5.82 Å². The van der Waals surface area contributed by atoms with Crippen molar-refractivity contribution < 1.29 is 0 Å². The Morgan fingerprint density at radius 1 is 1.15 bits per heavy atom. The Balaban J connectivity index is 2.30. The molecule has 0 saturated heterocycles. The van der Waals surface area contributed by atoms with Crippen molar-refractivity contribution in [2.45, 2.75) is 6.92 Å². The Labute approximate surface area is 124 Å². The summed E-state index contributed by atoms with van der Waals surface area (Å²) in [5.74, 6) is 0.252. The van der Waals surface area contributed by atoms with Gasteiger partial charge in [0.15, 0.2) is 0 Å². The smallest absolute Gasteiger partial charge is 0.209 e. The van der Waals surface area contributed by atoms with Crippen LogP contribution >= 0.6 is 23.2 Å². The minimum atomic E-state index is 0.252. The zero-order valence-corrected chi connectivity index (χ0v) is 12.0. The third-order valence-corrected chi connectivity index (χ3v) is 3.76. The fourth-order valence-corrected chi connectivity index (χ4v) is 2.36. The van der Waals surface area contributed by atoms with Crippen LogP contribution in [0.3, 0.4) is 0 Å². The van der Waals surface area contributed by atoms with Gasteiger partial charge in [0, 0.05) is 11.8 Å². The molecule has 100 valence electrons. The highest BCUT2D eigenvalue weighted by molar-refractivity contribution is 6.42. The van der Waals surface area contributed by atoms with Crippen molar-refractivity contribution in [3.05, 3.63) is 57.0 Å². The van der Waals surface area contributed by atoms with Gasteiger partial charge in [-0.3, -0.25) is 4.40 Å². The summed E-state index contributed by atoms with van der Waals surface area (Å²) in [6.07, 6.45) is 1.82. The molecule has 0 spiro atoms. The second-order valence-electron chi connectivity index (χ2n) is 4.44. The predicted molar refractivity (Wildman–Crippen MR) is 80.8 cm³/mol. The van der Waals surface area contributed by atoms with Gasteiger partial charge in [-0.25, -0.2) is 4.98 Å². The van der Waals surface area contributed by atoms with E-state index in [4.69, 9.17) is 23.2 Å². The number of fused-ring (bicyclic) bond motifs is 1. The van der Waals surface area contributed by atoms with E-state index in [0.717, 1.165) is 5.56 Å². The molecule has 4 nitrogen and oxygen atoms in total. The minimum Gasteiger partial charge on any atom is -0.281 e. The first-order chi connectivity index (χ1) is 9.60. The molecule has 3 rings (SSSR count). The van der Waals surface area contributed by atoms with Gasteiger partial charge in [0.25, 0.3) is 0 Å². The summed E-state index contributed by atoms with van der Waals surface area (Å²) in [6, 6.07) is 8.87. The topological polar surface area (TPSA) is 46.7 Å². The van der Waals surface area contributed by atoms with Crippen LogP contribution in [-0.4, -0.2) is 9.38 Å². The average molecular weight is 306 g/mol. The molecule has 0 fully saturated rings. The van der Waals surface area contributed by atoms with Gasteiger partial charge >= 0.3 is 0 Å². The van der Waals surface area contributed by atoms with E-state index in [0.29, 0.717) is 26.9 Å². The molecule has 0 saturated carbocycles. The number of halogens is 2. The van der Waals surface area contributed by atoms with Crippen LogP contribution in [0.4, 0.5) is 5.82 Å². The highest BCUT2D eigenvalue weighted by Gasteiger charge is 2.15. The number of aromatic nitrogens is 2. The molecule has 1 aromatic carbocycles. The maximum absolute atomic E-state index is 11.2. The van der Waals surface area contributed by atoms with Gasteiger partial charge < -0.3 is 0 Å². The van der Waals surface area contributed by atoms with E-state index in [9.17, 15) is 4.91 Å². The quantitative estimate of drug-likeness (QED) is 0.624. The van der Waals surface area contributed by atoms with E-state index in [1.807, 2.05) is 25.3 Å². The van der Waals surface area contributed by atoms with E-state index in [1.165, 1.54) is 0 Å². The third kappa shape index (κ3) is 2.07. The molecule has 2 aromatic heterocycles. The number of imidazole rings is 1. The summed E-state index contributed by atoms with van der Waals surface area (Å²) < 4.78 is 1.67. The summed E-state index contributed by atoms with van der Waals surface area (Å²) in [6.45, 7) is 1.94. The van der Waals surface area contributed by atoms with Crippen molar-refractivity contribution in [3.63, 3.8) is 0 Å². The largest absolute Gasteiger partial charge is 0.281 e. The highest BCUT2D eigenvalue weighted by atomic mass is 35.5. The molecule has 0 bridgehead atoms. The molecular formula is C14H9Cl2N3O. The Hall–Kier alpha value is -1.91. The fraction of sp³-hybridized carbons (Fsp3) is 0.0714. The van der Waals surface area contributed by atoms with E-state index < -0.39 is 0 Å². The van der Waals surface area contributed by atoms with E-state index in [-0.39, 0.29) is 5.82 Å². The van der Waals surface area contributed by atoms with Gasteiger partial charge in [-0.05, 0) is 35.9 Å². The van der Waals surface area contributed by atoms with Crippen molar-refractivity contribution in [1.82, 2.24) is 9.38 Å². The molecule has 0 radical (unpaired) electrons. The lowest BCUT2D eigenvalue weighted by atomic mass is 10.1. The summed E-state index contributed by atoms with van der Waals surface area (Å²) in [7, 11) is 0. The summed E-state index contributed by atoms with van der Waals surface area (Å²) in [5.41, 5.74) is 2.87. The van der Waals surface area contributed by atoms with Gasteiger partial charge in [0.1, 0.15) is 11.3 Å². The van der Waals surface area contributed by atoms with Crippen LogP contribution in [0, 0.1) is 11.8 Å². The molecule has 2 heterocycles. The fourth-order valence-electron chi connectivity index (χ4n) is 2.06. The van der Waals surface area contributed by atoms with Crippen LogP contribution in [-0.2, 0) is 0 Å². The zero-order chi connectivity index (χ0) is 14.3. The number of hydrogen-bond acceptors (Lipinski definition) is 3. The average Bonchev–Trinajstić information content (AvgIpc) is 2.79. The number of nitrogens with zero attached hydrogens (tertiary/aromatic N) is 3. The Kier molecular flexibility index (Phi) is 3.20. The van der Waals surface area contributed by atoms with Crippen molar-refractivity contribution in [2.24, 2.45) is 5.18 Å². The number of hydrogen-bond donors (Lipinski definition) is 0. The van der Waals surface area contributed by atoms with Crippen molar-refractivity contribution in [2.75, 3.05) is 0 Å². The number of rotatable bonds is 2. The van der Waals surface area contributed by atoms with E-state index >= 15 is 0 Å². The highest BCUT2D eigenvalue weighted by Crippen LogP contribution is 2.34. The SMILES string of the molecule is Cc1ccc2nc(-c3ccc(Cl)c(Cl)c3)c(N=O)n2c1. The maximum atomic E-state index is 11.2. The minimum absolute atomic E-state index is 0.252. The summed E-state index contributed by atoms with van der Waals surface area (Å²) in [4.78, 5) is 15.6. The molecule has 0 aliphatic carbocycles. The molecular weight excluding hydrogens is 297 g/mol. The van der Waals surface area contributed by atoms with Crippen LogP contribution in [0.5, 0.6) is 0 Å².